The zero-order valence-electron chi connectivity index (χ0n) is 15.9. The number of carboxylic acids is 2. The number of ether oxygens (including phenoxy) is 1. The molecule has 9 heteroatoms. The number of benzene rings is 1. The van der Waals surface area contributed by atoms with Crippen LogP contribution in [0.1, 0.15) is 47.2 Å². The summed E-state index contributed by atoms with van der Waals surface area (Å²) in [6.07, 6.45) is -2.14. The highest BCUT2D eigenvalue weighted by molar-refractivity contribution is 5.91. The van der Waals surface area contributed by atoms with Gasteiger partial charge in [0.1, 0.15) is 0 Å². The lowest BCUT2D eigenvalue weighted by Gasteiger charge is -2.23. The molecule has 0 aliphatic carbocycles. The largest absolute Gasteiger partial charge is 0.479 e. The fraction of sp³-hybridized carbons (Fsp3) is 0.526. The number of aliphatic carboxylic acids is 2. The van der Waals surface area contributed by atoms with E-state index in [0.29, 0.717) is 18.1 Å². The van der Waals surface area contributed by atoms with E-state index in [0.717, 1.165) is 18.7 Å². The van der Waals surface area contributed by atoms with Crippen LogP contribution in [-0.4, -0.2) is 70.2 Å². The van der Waals surface area contributed by atoms with E-state index in [-0.39, 0.29) is 5.97 Å². The van der Waals surface area contributed by atoms with E-state index in [1.54, 1.807) is 0 Å². The minimum absolute atomic E-state index is 0.208. The Hall–Kier alpha value is -2.49. The molecule has 0 radical (unpaired) electrons. The minimum atomic E-state index is -2.27. The van der Waals surface area contributed by atoms with Crippen LogP contribution in [-0.2, 0) is 14.3 Å². The van der Waals surface area contributed by atoms with Gasteiger partial charge in [-0.1, -0.05) is 12.1 Å². The lowest BCUT2D eigenvalue weighted by molar-refractivity contribution is -0.165. The zero-order chi connectivity index (χ0) is 21.3. The van der Waals surface area contributed by atoms with Gasteiger partial charge in [0.15, 0.2) is 12.2 Å². The average molecular weight is 397 g/mol. The lowest BCUT2D eigenvalue weighted by Crippen LogP contribution is -2.39. The van der Waals surface area contributed by atoms with E-state index in [1.807, 2.05) is 26.0 Å². The molecule has 1 aliphatic heterocycles. The first-order chi connectivity index (χ1) is 13.2. The maximum absolute atomic E-state index is 11.9. The number of aliphatic hydroxyl groups is 2. The molecular formula is C19H27NO8. The lowest BCUT2D eigenvalue weighted by atomic mass is 9.89. The van der Waals surface area contributed by atoms with Gasteiger partial charge >= 0.3 is 17.9 Å². The Morgan fingerprint density at radius 2 is 1.79 bits per heavy atom. The fourth-order valence-corrected chi connectivity index (χ4v) is 2.73. The van der Waals surface area contributed by atoms with Crippen LogP contribution in [0.15, 0.2) is 18.2 Å². The molecule has 28 heavy (non-hydrogen) atoms. The molecule has 0 aromatic heterocycles. The summed E-state index contributed by atoms with van der Waals surface area (Å²) in [5.74, 6) is -3.22. The molecule has 0 saturated carbocycles. The Bertz CT molecular complexity index is 667. The van der Waals surface area contributed by atoms with Crippen molar-refractivity contribution in [1.29, 1.82) is 0 Å². The van der Waals surface area contributed by atoms with Gasteiger partial charge in [-0.15, -0.1) is 0 Å². The molecule has 1 aromatic rings. The summed E-state index contributed by atoms with van der Waals surface area (Å²) in [7, 11) is 0. The van der Waals surface area contributed by atoms with Gasteiger partial charge in [0.25, 0.3) is 0 Å². The first-order valence-corrected chi connectivity index (χ1v) is 8.99. The molecule has 0 bridgehead atoms. The second-order valence-electron chi connectivity index (χ2n) is 6.40. The molecule has 1 aliphatic rings. The summed E-state index contributed by atoms with van der Waals surface area (Å²) in [4.78, 5) is 31.4. The van der Waals surface area contributed by atoms with Crippen molar-refractivity contribution in [3.05, 3.63) is 34.9 Å². The Morgan fingerprint density at radius 3 is 2.25 bits per heavy atom. The third kappa shape index (κ3) is 6.91. The number of rotatable bonds is 6. The molecule has 0 amide bonds. The van der Waals surface area contributed by atoms with Crippen LogP contribution in [0, 0.1) is 6.92 Å². The van der Waals surface area contributed by atoms with Crippen molar-refractivity contribution >= 4 is 17.9 Å². The van der Waals surface area contributed by atoms with Crippen LogP contribution < -0.4 is 5.32 Å². The monoisotopic (exact) mass is 397 g/mol. The molecule has 1 aromatic carbocycles. The normalized spacial score (nSPS) is 18.2. The van der Waals surface area contributed by atoms with Crippen molar-refractivity contribution in [3.63, 3.8) is 0 Å². The van der Waals surface area contributed by atoms with Gasteiger partial charge in [0, 0.05) is 6.54 Å². The second-order valence-corrected chi connectivity index (χ2v) is 6.40. The van der Waals surface area contributed by atoms with Crippen molar-refractivity contribution < 1.29 is 39.5 Å². The van der Waals surface area contributed by atoms with Crippen molar-refractivity contribution in [2.45, 2.75) is 44.8 Å². The summed E-state index contributed by atoms with van der Waals surface area (Å²) < 4.78 is 5.10. The summed E-state index contributed by atoms with van der Waals surface area (Å²) in [6, 6.07) is 6.16. The van der Waals surface area contributed by atoms with Crippen molar-refractivity contribution in [1.82, 2.24) is 5.32 Å². The Labute approximate surface area is 163 Å². The number of nitrogens with one attached hydrogen (secondary N) is 1. The molecule has 156 valence electrons. The Balaban J connectivity index is 0.000000336. The number of aryl methyl sites for hydroxylation is 1. The molecule has 9 nitrogen and oxygen atoms in total. The number of aliphatic hydroxyl groups excluding tert-OH is 2. The van der Waals surface area contributed by atoms with Gasteiger partial charge in [0.2, 0.25) is 0 Å². The van der Waals surface area contributed by atoms with E-state index in [2.05, 4.69) is 11.4 Å². The van der Waals surface area contributed by atoms with Crippen molar-refractivity contribution in [2.75, 3.05) is 19.7 Å². The molecule has 0 spiro atoms. The predicted octanol–water partition coefficient (Wildman–Crippen LogP) is 0.516. The molecule has 1 fully saturated rings. The third-order valence-corrected chi connectivity index (χ3v) is 4.33. The van der Waals surface area contributed by atoms with Crippen molar-refractivity contribution in [3.8, 4) is 0 Å². The Morgan fingerprint density at radius 1 is 1.18 bits per heavy atom. The number of carboxylic acid groups (broad SMARTS) is 2. The smallest absolute Gasteiger partial charge is 0.338 e. The topological polar surface area (TPSA) is 153 Å². The quantitative estimate of drug-likeness (QED) is 0.432. The van der Waals surface area contributed by atoms with Crippen LogP contribution in [0.4, 0.5) is 0 Å². The van der Waals surface area contributed by atoms with Gasteiger partial charge in [-0.3, -0.25) is 0 Å². The highest BCUT2D eigenvalue weighted by atomic mass is 16.5. The maximum Gasteiger partial charge on any atom is 0.338 e. The number of hydrogen-bond acceptors (Lipinski definition) is 7. The van der Waals surface area contributed by atoms with Crippen LogP contribution >= 0.6 is 0 Å². The van der Waals surface area contributed by atoms with E-state index < -0.39 is 24.1 Å². The molecule has 1 heterocycles. The highest BCUT2D eigenvalue weighted by Gasteiger charge is 2.29. The first-order valence-electron chi connectivity index (χ1n) is 8.99. The van der Waals surface area contributed by atoms with Gasteiger partial charge in [-0.2, -0.15) is 0 Å². The van der Waals surface area contributed by atoms with Crippen LogP contribution in [0.25, 0.3) is 0 Å². The Kier molecular flexibility index (Phi) is 9.57. The number of carbonyl (C=O) groups is 3. The predicted molar refractivity (Wildman–Crippen MR) is 99.3 cm³/mol. The van der Waals surface area contributed by atoms with E-state index in [4.69, 9.17) is 25.2 Å². The number of carbonyl (C=O) groups excluding carboxylic acids is 1. The summed E-state index contributed by atoms with van der Waals surface area (Å²) in [5, 5.41) is 35.9. The maximum atomic E-state index is 11.9. The molecule has 5 N–H and O–H groups in total. The molecule has 0 unspecified atom stereocenters. The van der Waals surface area contributed by atoms with Gasteiger partial charge in [-0.05, 0) is 56.3 Å². The average Bonchev–Trinajstić information content (AvgIpc) is 2.68. The third-order valence-electron chi connectivity index (χ3n) is 4.33. The van der Waals surface area contributed by atoms with E-state index in [9.17, 15) is 14.4 Å². The molecule has 1 saturated heterocycles. The van der Waals surface area contributed by atoms with E-state index >= 15 is 0 Å². The van der Waals surface area contributed by atoms with Crippen LogP contribution in [0.2, 0.25) is 0 Å². The number of hydrogen-bond donors (Lipinski definition) is 5. The summed E-state index contributed by atoms with van der Waals surface area (Å²) in [6.45, 7) is 6.32. The summed E-state index contributed by atoms with van der Waals surface area (Å²) in [5.41, 5.74) is 2.94. The second kappa shape index (κ2) is 11.4. The van der Waals surface area contributed by atoms with Gasteiger partial charge in [-0.25, -0.2) is 14.4 Å². The molecular weight excluding hydrogens is 370 g/mol. The van der Waals surface area contributed by atoms with E-state index in [1.165, 1.54) is 18.4 Å². The van der Waals surface area contributed by atoms with Crippen LogP contribution in [0.5, 0.6) is 0 Å². The molecule has 3 atom stereocenters. The zero-order valence-corrected chi connectivity index (χ0v) is 15.9. The first kappa shape index (κ1) is 23.5. The standard InChI is InChI=1S/C15H21NO2.C4H6O6/c1-3-18-15(17)14-9-12(7-6-11(14)2)13-5-4-8-16-10-13;5-1(3(7)8)2(6)4(9)10/h6-7,9,13,16H,3-5,8,10H2,1-2H3;1-2,5-6H,(H,7,8)(H,9,10)/t13-;1-,2-/m00/s1. The minimum Gasteiger partial charge on any atom is -0.479 e. The molecule has 2 rings (SSSR count). The summed E-state index contributed by atoms with van der Waals surface area (Å²) >= 11 is 0. The van der Waals surface area contributed by atoms with Gasteiger partial charge < -0.3 is 30.5 Å². The SMILES string of the molecule is CCOC(=O)c1cc([C@H]2CCCNC2)ccc1C.O=C(O)[C@@H](O)[C@H](O)C(=O)O. The number of piperidine rings is 1. The van der Waals surface area contributed by atoms with Gasteiger partial charge in [0.05, 0.1) is 12.2 Å². The van der Waals surface area contributed by atoms with Crippen LogP contribution in [0.3, 0.4) is 0 Å². The fourth-order valence-electron chi connectivity index (χ4n) is 2.73. The van der Waals surface area contributed by atoms with Crippen molar-refractivity contribution in [2.24, 2.45) is 0 Å². The highest BCUT2D eigenvalue weighted by Crippen LogP contribution is 2.25. The number of esters is 1.